The summed E-state index contributed by atoms with van der Waals surface area (Å²) in [6, 6.07) is 8.87. The van der Waals surface area contributed by atoms with Crippen molar-refractivity contribution in [2.24, 2.45) is 17.8 Å². The molecule has 1 fully saturated rings. The van der Waals surface area contributed by atoms with E-state index < -0.39 is 0 Å². The summed E-state index contributed by atoms with van der Waals surface area (Å²) >= 11 is 0. The van der Waals surface area contributed by atoms with Gasteiger partial charge in [-0.1, -0.05) is 43.7 Å². The molecule has 2 heteroatoms. The van der Waals surface area contributed by atoms with Gasteiger partial charge >= 0.3 is 0 Å². The Labute approximate surface area is 130 Å². The summed E-state index contributed by atoms with van der Waals surface area (Å²) in [6.07, 6.45) is 3.85. The maximum absolute atomic E-state index is 5.94. The van der Waals surface area contributed by atoms with Gasteiger partial charge in [-0.3, -0.25) is 0 Å². The molecule has 2 rings (SSSR count). The van der Waals surface area contributed by atoms with Crippen LogP contribution < -0.4 is 5.32 Å². The minimum absolute atomic E-state index is 0.573. The van der Waals surface area contributed by atoms with E-state index in [1.165, 1.54) is 24.0 Å². The van der Waals surface area contributed by atoms with Crippen LogP contribution in [-0.4, -0.2) is 26.3 Å². The van der Waals surface area contributed by atoms with Crippen LogP contribution in [0.1, 0.15) is 37.8 Å². The van der Waals surface area contributed by atoms with Crippen LogP contribution >= 0.6 is 0 Å². The lowest BCUT2D eigenvalue weighted by Crippen LogP contribution is -2.30. The van der Waals surface area contributed by atoms with Gasteiger partial charge in [0, 0.05) is 13.2 Å². The average molecular weight is 289 g/mol. The summed E-state index contributed by atoms with van der Waals surface area (Å²) < 4.78 is 5.94. The van der Waals surface area contributed by atoms with Gasteiger partial charge in [0.25, 0.3) is 0 Å². The van der Waals surface area contributed by atoms with Gasteiger partial charge in [-0.2, -0.15) is 0 Å². The van der Waals surface area contributed by atoms with E-state index in [2.05, 4.69) is 50.4 Å². The van der Waals surface area contributed by atoms with Crippen molar-refractivity contribution in [1.29, 1.82) is 0 Å². The maximum atomic E-state index is 5.94. The minimum atomic E-state index is 0.573. The zero-order chi connectivity index (χ0) is 15.1. The van der Waals surface area contributed by atoms with Crippen LogP contribution in [-0.2, 0) is 11.2 Å². The molecule has 1 unspecified atom stereocenters. The molecule has 0 spiro atoms. The molecule has 1 aromatic carbocycles. The summed E-state index contributed by atoms with van der Waals surface area (Å²) in [5, 5.41) is 3.59. The van der Waals surface area contributed by atoms with Gasteiger partial charge in [0.2, 0.25) is 0 Å². The highest BCUT2D eigenvalue weighted by Crippen LogP contribution is 2.29. The lowest BCUT2D eigenvalue weighted by atomic mass is 9.98. The third kappa shape index (κ3) is 7.10. The molecule has 0 amide bonds. The Morgan fingerprint density at radius 2 is 2.05 bits per heavy atom. The lowest BCUT2D eigenvalue weighted by Gasteiger charge is -2.19. The first-order valence-electron chi connectivity index (χ1n) is 8.47. The summed E-state index contributed by atoms with van der Waals surface area (Å²) in [5.41, 5.74) is 2.78. The Kier molecular flexibility index (Phi) is 6.72. The number of aryl methyl sites for hydroxylation is 1. The Hall–Kier alpha value is -0.860. The molecule has 1 aliphatic carbocycles. The van der Waals surface area contributed by atoms with Crippen LogP contribution in [0.4, 0.5) is 0 Å². The Balaban J connectivity index is 1.80. The van der Waals surface area contributed by atoms with Crippen molar-refractivity contribution in [3.8, 4) is 0 Å². The van der Waals surface area contributed by atoms with Gasteiger partial charge in [-0.25, -0.2) is 0 Å². The summed E-state index contributed by atoms with van der Waals surface area (Å²) in [7, 11) is 0. The topological polar surface area (TPSA) is 21.3 Å². The molecule has 0 aromatic heterocycles. The molecule has 0 saturated heterocycles. The van der Waals surface area contributed by atoms with E-state index in [1.807, 2.05) is 0 Å². The molecule has 1 N–H and O–H groups in total. The molecule has 1 aliphatic rings. The van der Waals surface area contributed by atoms with Gasteiger partial charge in [-0.15, -0.1) is 0 Å². The molecule has 1 atom stereocenters. The van der Waals surface area contributed by atoms with Gasteiger partial charge < -0.3 is 10.1 Å². The first-order chi connectivity index (χ1) is 10.1. The first-order valence-corrected chi connectivity index (χ1v) is 8.47. The molecule has 0 radical (unpaired) electrons. The van der Waals surface area contributed by atoms with E-state index in [-0.39, 0.29) is 0 Å². The van der Waals surface area contributed by atoms with Crippen LogP contribution in [0.3, 0.4) is 0 Å². The molecule has 0 aliphatic heterocycles. The summed E-state index contributed by atoms with van der Waals surface area (Å²) in [6.45, 7) is 10.7. The third-order valence-electron chi connectivity index (χ3n) is 4.00. The molecular weight excluding hydrogens is 258 g/mol. The largest absolute Gasteiger partial charge is 0.381 e. The second-order valence-corrected chi connectivity index (χ2v) is 7.09. The highest BCUT2D eigenvalue weighted by atomic mass is 16.5. The predicted octanol–water partition coefficient (Wildman–Crippen LogP) is 3.83. The van der Waals surface area contributed by atoms with Gasteiger partial charge in [0.05, 0.1) is 6.61 Å². The highest BCUT2D eigenvalue weighted by molar-refractivity contribution is 5.22. The van der Waals surface area contributed by atoms with Crippen LogP contribution in [0, 0.1) is 24.7 Å². The SMILES string of the molecule is Cc1cccc(CC(CNCC(C)C)COCC2CC2)c1. The summed E-state index contributed by atoms with van der Waals surface area (Å²) in [4.78, 5) is 0. The van der Waals surface area contributed by atoms with E-state index in [0.717, 1.165) is 38.6 Å². The zero-order valence-electron chi connectivity index (χ0n) is 13.9. The van der Waals surface area contributed by atoms with Crippen LogP contribution in [0.5, 0.6) is 0 Å². The normalized spacial score (nSPS) is 16.4. The van der Waals surface area contributed by atoms with Gasteiger partial charge in [0.1, 0.15) is 0 Å². The number of rotatable bonds is 10. The minimum Gasteiger partial charge on any atom is -0.381 e. The molecule has 1 saturated carbocycles. The fraction of sp³-hybridized carbons (Fsp3) is 0.684. The van der Waals surface area contributed by atoms with Gasteiger partial charge in [0.15, 0.2) is 0 Å². The molecule has 0 heterocycles. The second kappa shape index (κ2) is 8.55. The molecule has 0 bridgehead atoms. The van der Waals surface area contributed by atoms with Crippen molar-refractivity contribution in [3.63, 3.8) is 0 Å². The average Bonchev–Trinajstić information content (AvgIpc) is 3.22. The number of ether oxygens (including phenoxy) is 1. The van der Waals surface area contributed by atoms with Crippen molar-refractivity contribution >= 4 is 0 Å². The van der Waals surface area contributed by atoms with E-state index in [0.29, 0.717) is 11.8 Å². The quantitative estimate of drug-likeness (QED) is 0.707. The first kappa shape index (κ1) is 16.5. The van der Waals surface area contributed by atoms with Crippen molar-refractivity contribution < 1.29 is 4.74 Å². The molecular formula is C19H31NO. The molecule has 1 aromatic rings. The maximum Gasteiger partial charge on any atom is 0.0509 e. The number of nitrogens with one attached hydrogen (secondary N) is 1. The Bertz CT molecular complexity index is 404. The van der Waals surface area contributed by atoms with Crippen molar-refractivity contribution in [3.05, 3.63) is 35.4 Å². The van der Waals surface area contributed by atoms with Crippen LogP contribution in [0.15, 0.2) is 24.3 Å². The summed E-state index contributed by atoms with van der Waals surface area (Å²) in [5.74, 6) is 2.13. The number of hydrogen-bond acceptors (Lipinski definition) is 2. The van der Waals surface area contributed by atoms with Crippen LogP contribution in [0.25, 0.3) is 0 Å². The van der Waals surface area contributed by atoms with Crippen molar-refractivity contribution in [2.45, 2.75) is 40.0 Å². The zero-order valence-corrected chi connectivity index (χ0v) is 13.9. The van der Waals surface area contributed by atoms with Gasteiger partial charge in [-0.05, 0) is 56.0 Å². The number of benzene rings is 1. The fourth-order valence-corrected chi connectivity index (χ4v) is 2.62. The van der Waals surface area contributed by atoms with E-state index >= 15 is 0 Å². The van der Waals surface area contributed by atoms with Crippen molar-refractivity contribution in [1.82, 2.24) is 5.32 Å². The monoisotopic (exact) mass is 289 g/mol. The molecule has 2 nitrogen and oxygen atoms in total. The molecule has 21 heavy (non-hydrogen) atoms. The highest BCUT2D eigenvalue weighted by Gasteiger charge is 2.22. The Morgan fingerprint density at radius 1 is 1.24 bits per heavy atom. The number of hydrogen-bond donors (Lipinski definition) is 1. The fourth-order valence-electron chi connectivity index (χ4n) is 2.62. The van der Waals surface area contributed by atoms with E-state index in [9.17, 15) is 0 Å². The Morgan fingerprint density at radius 3 is 2.71 bits per heavy atom. The van der Waals surface area contributed by atoms with Crippen LogP contribution in [0.2, 0.25) is 0 Å². The smallest absolute Gasteiger partial charge is 0.0509 e. The predicted molar refractivity (Wildman–Crippen MR) is 89.6 cm³/mol. The van der Waals surface area contributed by atoms with E-state index in [4.69, 9.17) is 4.74 Å². The lowest BCUT2D eigenvalue weighted by molar-refractivity contribution is 0.0905. The third-order valence-corrected chi connectivity index (χ3v) is 4.00. The van der Waals surface area contributed by atoms with Crippen molar-refractivity contribution in [2.75, 3.05) is 26.3 Å². The second-order valence-electron chi connectivity index (χ2n) is 7.09. The molecule has 118 valence electrons. The van der Waals surface area contributed by atoms with E-state index in [1.54, 1.807) is 0 Å². The standard InChI is InChI=1S/C19H31NO/c1-15(2)11-20-12-19(14-21-13-17-7-8-17)10-18-6-4-5-16(3)9-18/h4-6,9,15,17,19-20H,7-8,10-14H2,1-3H3.